The van der Waals surface area contributed by atoms with Crippen LogP contribution in [0.3, 0.4) is 0 Å². The van der Waals surface area contributed by atoms with Gasteiger partial charge in [0.25, 0.3) is 5.91 Å². The van der Waals surface area contributed by atoms with Crippen LogP contribution in [-0.4, -0.2) is 47.2 Å². The van der Waals surface area contributed by atoms with Crippen LogP contribution < -0.4 is 4.90 Å². The van der Waals surface area contributed by atoms with E-state index in [1.807, 2.05) is 43.3 Å². The van der Waals surface area contributed by atoms with Gasteiger partial charge >= 0.3 is 0 Å². The number of rotatable bonds is 3. The van der Waals surface area contributed by atoms with E-state index in [1.165, 1.54) is 12.1 Å². The van der Waals surface area contributed by atoms with E-state index in [2.05, 4.69) is 15.1 Å². The van der Waals surface area contributed by atoms with Crippen LogP contribution in [0.25, 0.3) is 11.3 Å². The summed E-state index contributed by atoms with van der Waals surface area (Å²) in [6, 6.07) is 18.2. The lowest BCUT2D eigenvalue weighted by atomic mass is 10.1. The number of nitrogens with zero attached hydrogens (tertiary/aromatic N) is 4. The molecular formula is C22H21FN4O. The highest BCUT2D eigenvalue weighted by Crippen LogP contribution is 2.20. The summed E-state index contributed by atoms with van der Waals surface area (Å²) in [6.45, 7) is 4.48. The van der Waals surface area contributed by atoms with Gasteiger partial charge in [0, 0.05) is 37.4 Å². The molecule has 1 saturated heterocycles. The first kappa shape index (κ1) is 18.1. The molecule has 0 unspecified atom stereocenters. The molecule has 0 atom stereocenters. The van der Waals surface area contributed by atoms with Crippen LogP contribution in [0.4, 0.5) is 10.1 Å². The number of anilines is 1. The van der Waals surface area contributed by atoms with Crippen molar-refractivity contribution in [3.8, 4) is 11.3 Å². The van der Waals surface area contributed by atoms with Crippen molar-refractivity contribution in [2.24, 2.45) is 0 Å². The topological polar surface area (TPSA) is 49.3 Å². The summed E-state index contributed by atoms with van der Waals surface area (Å²) in [5, 5.41) is 8.47. The van der Waals surface area contributed by atoms with Crippen molar-refractivity contribution < 1.29 is 9.18 Å². The van der Waals surface area contributed by atoms with E-state index < -0.39 is 0 Å². The lowest BCUT2D eigenvalue weighted by molar-refractivity contribution is 0.0739. The van der Waals surface area contributed by atoms with Gasteiger partial charge in [0.2, 0.25) is 0 Å². The van der Waals surface area contributed by atoms with E-state index >= 15 is 0 Å². The minimum atomic E-state index is -0.245. The molecule has 3 aromatic rings. The van der Waals surface area contributed by atoms with E-state index in [0.717, 1.165) is 22.5 Å². The van der Waals surface area contributed by atoms with Gasteiger partial charge < -0.3 is 9.80 Å². The van der Waals surface area contributed by atoms with Crippen LogP contribution in [0.2, 0.25) is 0 Å². The average molecular weight is 376 g/mol. The Bertz CT molecular complexity index is 968. The van der Waals surface area contributed by atoms with E-state index in [-0.39, 0.29) is 11.7 Å². The Morgan fingerprint density at radius 2 is 1.61 bits per heavy atom. The largest absolute Gasteiger partial charge is 0.368 e. The first-order valence-electron chi connectivity index (χ1n) is 9.31. The third kappa shape index (κ3) is 3.71. The molecule has 0 aliphatic carbocycles. The molecule has 0 spiro atoms. The van der Waals surface area contributed by atoms with Crippen LogP contribution in [0, 0.1) is 12.7 Å². The Kier molecular flexibility index (Phi) is 5.02. The van der Waals surface area contributed by atoms with Crippen molar-refractivity contribution in [1.29, 1.82) is 0 Å². The molecule has 1 aliphatic rings. The second-order valence-corrected chi connectivity index (χ2v) is 6.88. The summed E-state index contributed by atoms with van der Waals surface area (Å²) in [7, 11) is 0. The van der Waals surface area contributed by atoms with Gasteiger partial charge in [-0.05, 0) is 42.8 Å². The number of aromatic nitrogens is 2. The molecule has 1 fully saturated rings. The summed E-state index contributed by atoms with van der Waals surface area (Å²) in [5.74, 6) is -0.339. The molecule has 1 aliphatic heterocycles. The number of hydrogen-bond donors (Lipinski definition) is 0. The molecule has 2 heterocycles. The molecule has 142 valence electrons. The number of carbonyl (C=O) groups excluding carboxylic acids is 1. The lowest BCUT2D eigenvalue weighted by Gasteiger charge is -2.36. The van der Waals surface area contributed by atoms with Crippen molar-refractivity contribution in [3.63, 3.8) is 0 Å². The van der Waals surface area contributed by atoms with Gasteiger partial charge in [-0.15, -0.1) is 10.2 Å². The van der Waals surface area contributed by atoms with Gasteiger partial charge in [-0.2, -0.15) is 0 Å². The molecule has 0 N–H and O–H groups in total. The zero-order valence-corrected chi connectivity index (χ0v) is 15.7. The van der Waals surface area contributed by atoms with Gasteiger partial charge in [-0.25, -0.2) is 4.39 Å². The predicted molar refractivity (Wildman–Crippen MR) is 107 cm³/mol. The highest BCUT2D eigenvalue weighted by molar-refractivity contribution is 5.94. The van der Waals surface area contributed by atoms with Crippen molar-refractivity contribution in [1.82, 2.24) is 15.1 Å². The first-order valence-corrected chi connectivity index (χ1v) is 9.31. The highest BCUT2D eigenvalue weighted by Gasteiger charge is 2.25. The standard InChI is InChI=1S/C22H21FN4O/c1-16-15-20(17-5-3-2-4-6-17)24-25-21(16)22(28)27-13-11-26(12-14-27)19-9-7-18(23)8-10-19/h2-10,15H,11-14H2,1H3. The maximum atomic E-state index is 13.1. The number of aryl methyl sites for hydroxylation is 1. The lowest BCUT2D eigenvalue weighted by Crippen LogP contribution is -2.49. The maximum absolute atomic E-state index is 13.1. The SMILES string of the molecule is Cc1cc(-c2ccccc2)nnc1C(=O)N1CCN(c2ccc(F)cc2)CC1. The third-order valence-electron chi connectivity index (χ3n) is 5.02. The van der Waals surface area contributed by atoms with Crippen molar-refractivity contribution >= 4 is 11.6 Å². The summed E-state index contributed by atoms with van der Waals surface area (Å²) in [6.07, 6.45) is 0. The first-order chi connectivity index (χ1) is 13.6. The Morgan fingerprint density at radius 1 is 0.929 bits per heavy atom. The molecular weight excluding hydrogens is 355 g/mol. The molecule has 28 heavy (non-hydrogen) atoms. The van der Waals surface area contributed by atoms with Gasteiger partial charge in [-0.3, -0.25) is 4.79 Å². The fraction of sp³-hybridized carbons (Fsp3) is 0.227. The Balaban J connectivity index is 1.44. The second kappa shape index (κ2) is 7.76. The van der Waals surface area contributed by atoms with E-state index in [0.29, 0.717) is 31.9 Å². The normalized spacial score (nSPS) is 14.2. The quantitative estimate of drug-likeness (QED) is 0.701. The number of carbonyl (C=O) groups is 1. The van der Waals surface area contributed by atoms with Gasteiger partial charge in [0.15, 0.2) is 5.69 Å². The highest BCUT2D eigenvalue weighted by atomic mass is 19.1. The Morgan fingerprint density at radius 3 is 2.25 bits per heavy atom. The molecule has 0 radical (unpaired) electrons. The summed E-state index contributed by atoms with van der Waals surface area (Å²) in [5.41, 5.74) is 3.92. The second-order valence-electron chi connectivity index (χ2n) is 6.88. The minimum Gasteiger partial charge on any atom is -0.368 e. The van der Waals surface area contributed by atoms with Crippen LogP contribution in [0.15, 0.2) is 60.7 Å². The zero-order chi connectivity index (χ0) is 19.5. The van der Waals surface area contributed by atoms with Crippen molar-refractivity contribution in [3.05, 3.63) is 77.7 Å². The van der Waals surface area contributed by atoms with Crippen LogP contribution in [0.1, 0.15) is 16.1 Å². The minimum absolute atomic E-state index is 0.0941. The fourth-order valence-corrected chi connectivity index (χ4v) is 3.42. The monoisotopic (exact) mass is 376 g/mol. The number of piperazine rings is 1. The number of hydrogen-bond acceptors (Lipinski definition) is 4. The number of halogens is 1. The van der Waals surface area contributed by atoms with Crippen LogP contribution >= 0.6 is 0 Å². The van der Waals surface area contributed by atoms with E-state index in [1.54, 1.807) is 17.0 Å². The summed E-state index contributed by atoms with van der Waals surface area (Å²) >= 11 is 0. The molecule has 5 nitrogen and oxygen atoms in total. The molecule has 2 aromatic carbocycles. The summed E-state index contributed by atoms with van der Waals surface area (Å²) < 4.78 is 13.1. The summed E-state index contributed by atoms with van der Waals surface area (Å²) in [4.78, 5) is 16.9. The zero-order valence-electron chi connectivity index (χ0n) is 15.7. The van der Waals surface area contributed by atoms with Crippen LogP contribution in [-0.2, 0) is 0 Å². The smallest absolute Gasteiger partial charge is 0.274 e. The van der Waals surface area contributed by atoms with Crippen molar-refractivity contribution in [2.45, 2.75) is 6.92 Å². The van der Waals surface area contributed by atoms with E-state index in [9.17, 15) is 9.18 Å². The fourth-order valence-electron chi connectivity index (χ4n) is 3.42. The molecule has 1 aromatic heterocycles. The van der Waals surface area contributed by atoms with E-state index in [4.69, 9.17) is 0 Å². The molecule has 0 bridgehead atoms. The molecule has 0 saturated carbocycles. The Labute approximate surface area is 163 Å². The molecule has 4 rings (SSSR count). The molecule has 6 heteroatoms. The predicted octanol–water partition coefficient (Wildman–Crippen LogP) is 3.55. The van der Waals surface area contributed by atoms with Gasteiger partial charge in [-0.1, -0.05) is 30.3 Å². The maximum Gasteiger partial charge on any atom is 0.274 e. The van der Waals surface area contributed by atoms with Gasteiger partial charge in [0.1, 0.15) is 5.82 Å². The third-order valence-corrected chi connectivity index (χ3v) is 5.02. The van der Waals surface area contributed by atoms with Crippen molar-refractivity contribution in [2.75, 3.05) is 31.1 Å². The number of amides is 1. The molecule has 1 amide bonds. The Hall–Kier alpha value is -3.28. The van der Waals surface area contributed by atoms with Crippen LogP contribution in [0.5, 0.6) is 0 Å². The average Bonchev–Trinajstić information content (AvgIpc) is 2.74. The van der Waals surface area contributed by atoms with Gasteiger partial charge in [0.05, 0.1) is 5.69 Å². The number of benzene rings is 2.